The van der Waals surface area contributed by atoms with E-state index in [1.807, 2.05) is 0 Å². The predicted molar refractivity (Wildman–Crippen MR) is 74.1 cm³/mol. The van der Waals surface area contributed by atoms with Gasteiger partial charge in [0.2, 0.25) is 5.91 Å². The number of amides is 1. The third-order valence-electron chi connectivity index (χ3n) is 3.44. The van der Waals surface area contributed by atoms with Gasteiger partial charge in [-0.3, -0.25) is 4.79 Å². The maximum Gasteiger partial charge on any atom is 0.326 e. The molecule has 2 rings (SSSR count). The van der Waals surface area contributed by atoms with Crippen molar-refractivity contribution in [1.29, 1.82) is 0 Å². The lowest BCUT2D eigenvalue weighted by molar-refractivity contribution is -0.148. The standard InChI is InChI=1S/C14H16ClNO4/c1-20-12-5-4-10(15)7-9(12)8-13(17)16-6-2-3-11(16)14(18)19/h4-5,7,11H,2-3,6,8H2,1H3,(H,18,19)/t11-/m0/s1. The minimum atomic E-state index is -0.950. The summed E-state index contributed by atoms with van der Waals surface area (Å²) in [5.74, 6) is -0.585. The number of likely N-dealkylation sites (tertiary alicyclic amines) is 1. The first-order chi connectivity index (χ1) is 9.52. The van der Waals surface area contributed by atoms with Crippen molar-refractivity contribution in [1.82, 2.24) is 4.90 Å². The summed E-state index contributed by atoms with van der Waals surface area (Å²) in [5.41, 5.74) is 0.668. The van der Waals surface area contributed by atoms with Crippen molar-refractivity contribution in [2.45, 2.75) is 25.3 Å². The van der Waals surface area contributed by atoms with E-state index >= 15 is 0 Å². The Balaban J connectivity index is 2.15. The van der Waals surface area contributed by atoms with Gasteiger partial charge in [-0.1, -0.05) is 11.6 Å². The van der Waals surface area contributed by atoms with Crippen LogP contribution in [-0.4, -0.2) is 41.6 Å². The van der Waals surface area contributed by atoms with E-state index in [1.165, 1.54) is 12.0 Å². The largest absolute Gasteiger partial charge is 0.496 e. The van der Waals surface area contributed by atoms with E-state index in [9.17, 15) is 9.59 Å². The van der Waals surface area contributed by atoms with Crippen LogP contribution in [0, 0.1) is 0 Å². The van der Waals surface area contributed by atoms with Gasteiger partial charge >= 0.3 is 5.97 Å². The van der Waals surface area contributed by atoms with Gasteiger partial charge in [-0.2, -0.15) is 0 Å². The van der Waals surface area contributed by atoms with Crippen LogP contribution in [0.15, 0.2) is 18.2 Å². The number of benzene rings is 1. The smallest absolute Gasteiger partial charge is 0.326 e. The van der Waals surface area contributed by atoms with Gasteiger partial charge in [0, 0.05) is 17.1 Å². The molecule has 1 aromatic rings. The summed E-state index contributed by atoms with van der Waals surface area (Å²) < 4.78 is 5.19. The number of carbonyl (C=O) groups is 2. The lowest BCUT2D eigenvalue weighted by Crippen LogP contribution is -2.41. The first kappa shape index (κ1) is 14.7. The van der Waals surface area contributed by atoms with Gasteiger partial charge < -0.3 is 14.7 Å². The van der Waals surface area contributed by atoms with E-state index in [0.717, 1.165) is 6.42 Å². The molecule has 5 nitrogen and oxygen atoms in total. The van der Waals surface area contributed by atoms with Gasteiger partial charge in [-0.25, -0.2) is 4.79 Å². The molecule has 0 unspecified atom stereocenters. The van der Waals surface area contributed by atoms with Crippen LogP contribution in [0.5, 0.6) is 5.75 Å². The summed E-state index contributed by atoms with van der Waals surface area (Å²) in [5, 5.41) is 9.62. The number of carbonyl (C=O) groups excluding carboxylic acids is 1. The topological polar surface area (TPSA) is 66.8 Å². The number of carboxylic acids is 1. The number of methoxy groups -OCH3 is 1. The third-order valence-corrected chi connectivity index (χ3v) is 3.68. The maximum absolute atomic E-state index is 12.3. The van der Waals surface area contributed by atoms with Gasteiger partial charge in [-0.15, -0.1) is 0 Å². The minimum absolute atomic E-state index is 0.0908. The van der Waals surface area contributed by atoms with E-state index in [4.69, 9.17) is 21.4 Å². The Kier molecular flexibility index (Phi) is 4.49. The van der Waals surface area contributed by atoms with E-state index in [2.05, 4.69) is 0 Å². The second kappa shape index (κ2) is 6.13. The fourth-order valence-electron chi connectivity index (χ4n) is 2.47. The molecule has 1 fully saturated rings. The van der Waals surface area contributed by atoms with Crippen LogP contribution in [0.1, 0.15) is 18.4 Å². The highest BCUT2D eigenvalue weighted by atomic mass is 35.5. The summed E-state index contributed by atoms with van der Waals surface area (Å²) in [6.45, 7) is 0.485. The quantitative estimate of drug-likeness (QED) is 0.922. The highest BCUT2D eigenvalue weighted by Crippen LogP contribution is 2.25. The zero-order chi connectivity index (χ0) is 14.7. The molecule has 6 heteroatoms. The zero-order valence-corrected chi connectivity index (χ0v) is 11.9. The number of ether oxygens (including phenoxy) is 1. The molecule has 1 atom stereocenters. The Morgan fingerprint density at radius 2 is 2.25 bits per heavy atom. The molecule has 1 aliphatic heterocycles. The van der Waals surface area contributed by atoms with Crippen LogP contribution in [0.3, 0.4) is 0 Å². The number of rotatable bonds is 4. The number of hydrogen-bond acceptors (Lipinski definition) is 3. The maximum atomic E-state index is 12.3. The highest BCUT2D eigenvalue weighted by Gasteiger charge is 2.33. The molecule has 0 saturated carbocycles. The molecule has 0 aromatic heterocycles. The van der Waals surface area contributed by atoms with Crippen molar-refractivity contribution in [3.8, 4) is 5.75 Å². The van der Waals surface area contributed by atoms with Crippen molar-refractivity contribution in [3.63, 3.8) is 0 Å². The van der Waals surface area contributed by atoms with Crippen molar-refractivity contribution in [2.24, 2.45) is 0 Å². The fourth-order valence-corrected chi connectivity index (χ4v) is 2.67. The molecule has 1 heterocycles. The predicted octanol–water partition coefficient (Wildman–Crippen LogP) is 1.97. The fraction of sp³-hybridized carbons (Fsp3) is 0.429. The summed E-state index contributed by atoms with van der Waals surface area (Å²) in [6.07, 6.45) is 1.32. The summed E-state index contributed by atoms with van der Waals surface area (Å²) in [4.78, 5) is 24.8. The lowest BCUT2D eigenvalue weighted by atomic mass is 10.1. The molecule has 1 aromatic carbocycles. The normalized spacial score (nSPS) is 18.1. The molecular formula is C14H16ClNO4. The van der Waals surface area contributed by atoms with Gasteiger partial charge in [0.05, 0.1) is 13.5 Å². The number of hydrogen-bond donors (Lipinski definition) is 1. The average molecular weight is 298 g/mol. The van der Waals surface area contributed by atoms with Crippen LogP contribution in [0.4, 0.5) is 0 Å². The van der Waals surface area contributed by atoms with Crippen molar-refractivity contribution >= 4 is 23.5 Å². The van der Waals surface area contributed by atoms with E-state index in [1.54, 1.807) is 18.2 Å². The van der Waals surface area contributed by atoms with Gasteiger partial charge in [0.15, 0.2) is 0 Å². The molecule has 0 spiro atoms. The molecule has 0 radical (unpaired) electrons. The molecule has 0 bridgehead atoms. The Hall–Kier alpha value is -1.75. The van der Waals surface area contributed by atoms with Crippen LogP contribution >= 0.6 is 11.6 Å². The zero-order valence-electron chi connectivity index (χ0n) is 11.1. The van der Waals surface area contributed by atoms with Crippen LogP contribution in [-0.2, 0) is 16.0 Å². The van der Waals surface area contributed by atoms with Gasteiger partial charge in [-0.05, 0) is 31.0 Å². The van der Waals surface area contributed by atoms with E-state index < -0.39 is 12.0 Å². The minimum Gasteiger partial charge on any atom is -0.496 e. The first-order valence-electron chi connectivity index (χ1n) is 6.37. The van der Waals surface area contributed by atoms with Crippen LogP contribution in [0.25, 0.3) is 0 Å². The Morgan fingerprint density at radius 1 is 1.50 bits per heavy atom. The van der Waals surface area contributed by atoms with Crippen LogP contribution < -0.4 is 4.74 Å². The Morgan fingerprint density at radius 3 is 2.90 bits per heavy atom. The molecule has 1 aliphatic rings. The second-order valence-corrected chi connectivity index (χ2v) is 5.15. The second-order valence-electron chi connectivity index (χ2n) is 4.72. The molecule has 1 saturated heterocycles. The number of halogens is 1. The molecule has 1 N–H and O–H groups in total. The molecule has 108 valence electrons. The molecule has 1 amide bonds. The number of carboxylic acid groups (broad SMARTS) is 1. The third kappa shape index (κ3) is 3.04. The lowest BCUT2D eigenvalue weighted by Gasteiger charge is -2.22. The van der Waals surface area contributed by atoms with Crippen molar-refractivity contribution in [3.05, 3.63) is 28.8 Å². The van der Waals surface area contributed by atoms with Crippen molar-refractivity contribution < 1.29 is 19.4 Å². The van der Waals surface area contributed by atoms with E-state index in [-0.39, 0.29) is 12.3 Å². The number of nitrogens with zero attached hydrogens (tertiary/aromatic N) is 1. The van der Waals surface area contributed by atoms with Crippen LogP contribution in [0.2, 0.25) is 5.02 Å². The number of aliphatic carboxylic acids is 1. The van der Waals surface area contributed by atoms with Gasteiger partial charge in [0.25, 0.3) is 0 Å². The SMILES string of the molecule is COc1ccc(Cl)cc1CC(=O)N1CCC[C@H]1C(=O)O. The van der Waals surface area contributed by atoms with Crippen molar-refractivity contribution in [2.75, 3.05) is 13.7 Å². The first-order valence-corrected chi connectivity index (χ1v) is 6.75. The Labute approximate surface area is 122 Å². The monoisotopic (exact) mass is 297 g/mol. The van der Waals surface area contributed by atoms with Gasteiger partial charge in [0.1, 0.15) is 11.8 Å². The summed E-state index contributed by atoms with van der Waals surface area (Å²) in [6, 6.07) is 4.34. The molecule has 0 aliphatic carbocycles. The summed E-state index contributed by atoms with van der Waals surface area (Å²) in [7, 11) is 1.52. The highest BCUT2D eigenvalue weighted by molar-refractivity contribution is 6.30. The molecule has 20 heavy (non-hydrogen) atoms. The Bertz CT molecular complexity index is 532. The molecular weight excluding hydrogens is 282 g/mol. The average Bonchev–Trinajstić information content (AvgIpc) is 2.88. The summed E-state index contributed by atoms with van der Waals surface area (Å²) >= 11 is 5.92. The van der Waals surface area contributed by atoms with E-state index in [0.29, 0.717) is 29.3 Å².